The van der Waals surface area contributed by atoms with Gasteiger partial charge in [-0.2, -0.15) is 0 Å². The summed E-state index contributed by atoms with van der Waals surface area (Å²) >= 11 is 5.55. The highest BCUT2D eigenvalue weighted by Gasteiger charge is 2.23. The molecule has 0 spiro atoms. The highest BCUT2D eigenvalue weighted by molar-refractivity contribution is 7.89. The predicted molar refractivity (Wildman–Crippen MR) is 66.0 cm³/mol. The van der Waals surface area contributed by atoms with Crippen LogP contribution in [-0.2, 0) is 10.0 Å². The third-order valence-electron chi connectivity index (χ3n) is 2.55. The molecule has 0 aromatic heterocycles. The van der Waals surface area contributed by atoms with E-state index in [9.17, 15) is 12.8 Å². The van der Waals surface area contributed by atoms with Gasteiger partial charge in [-0.1, -0.05) is 31.5 Å². The molecule has 0 saturated heterocycles. The average Bonchev–Trinajstić information content (AvgIpc) is 2.21. The number of rotatable bonds is 4. The summed E-state index contributed by atoms with van der Waals surface area (Å²) in [7, 11) is -3.87. The molecule has 0 saturated carbocycles. The predicted octanol–water partition coefficient (Wildman–Crippen LogP) is 2.80. The Hall–Kier alpha value is -0.650. The number of benzene rings is 1. The average molecular weight is 280 g/mol. The van der Waals surface area contributed by atoms with Gasteiger partial charge in [0.05, 0.1) is 5.02 Å². The van der Waals surface area contributed by atoms with Crippen molar-refractivity contribution in [1.29, 1.82) is 0 Å². The molecule has 0 heterocycles. The Balaban J connectivity index is 3.10. The Bertz CT molecular complexity index is 502. The van der Waals surface area contributed by atoms with Crippen molar-refractivity contribution in [3.63, 3.8) is 0 Å². The van der Waals surface area contributed by atoms with Crippen molar-refractivity contribution < 1.29 is 12.8 Å². The third-order valence-corrected chi connectivity index (χ3v) is 4.42. The van der Waals surface area contributed by atoms with Crippen molar-refractivity contribution in [2.75, 3.05) is 0 Å². The second-order valence-corrected chi connectivity index (χ2v) is 6.30. The van der Waals surface area contributed by atoms with E-state index < -0.39 is 20.7 Å². The van der Waals surface area contributed by atoms with Gasteiger partial charge in [0.15, 0.2) is 5.82 Å². The number of hydrogen-bond donors (Lipinski definition) is 1. The molecule has 0 radical (unpaired) electrons. The first-order chi connectivity index (χ1) is 7.75. The maximum Gasteiger partial charge on any atom is 0.243 e. The first-order valence-electron chi connectivity index (χ1n) is 5.22. The standard InChI is InChI=1S/C11H15ClFNO2S/c1-7(2)8(3)14-17(15,16)10-6-4-5-9(12)11(10)13/h4-8,14H,1-3H3. The third kappa shape index (κ3) is 3.40. The second-order valence-electron chi connectivity index (χ2n) is 4.21. The minimum Gasteiger partial charge on any atom is -0.208 e. The lowest BCUT2D eigenvalue weighted by atomic mass is 10.1. The molecule has 17 heavy (non-hydrogen) atoms. The molecule has 0 bridgehead atoms. The van der Waals surface area contributed by atoms with Crippen LogP contribution in [0.25, 0.3) is 0 Å². The molecule has 3 nitrogen and oxygen atoms in total. The molecule has 96 valence electrons. The van der Waals surface area contributed by atoms with Crippen molar-refractivity contribution in [2.24, 2.45) is 5.92 Å². The fourth-order valence-corrected chi connectivity index (χ4v) is 2.86. The monoisotopic (exact) mass is 279 g/mol. The lowest BCUT2D eigenvalue weighted by molar-refractivity contribution is 0.473. The highest BCUT2D eigenvalue weighted by atomic mass is 35.5. The molecule has 0 aliphatic heterocycles. The summed E-state index contributed by atoms with van der Waals surface area (Å²) in [6, 6.07) is 3.62. The molecule has 1 atom stereocenters. The van der Waals surface area contributed by atoms with Crippen LogP contribution in [0.4, 0.5) is 4.39 Å². The summed E-state index contributed by atoms with van der Waals surface area (Å²) in [6.45, 7) is 5.48. The van der Waals surface area contributed by atoms with Crippen LogP contribution in [0.3, 0.4) is 0 Å². The molecule has 1 unspecified atom stereocenters. The van der Waals surface area contributed by atoms with E-state index in [0.717, 1.165) is 0 Å². The van der Waals surface area contributed by atoms with Gasteiger partial charge >= 0.3 is 0 Å². The van der Waals surface area contributed by atoms with Gasteiger partial charge in [-0.3, -0.25) is 0 Å². The fourth-order valence-electron chi connectivity index (χ4n) is 1.14. The molecule has 1 rings (SSSR count). The van der Waals surface area contributed by atoms with Crippen molar-refractivity contribution >= 4 is 21.6 Å². The van der Waals surface area contributed by atoms with Crippen LogP contribution in [0.2, 0.25) is 5.02 Å². The Morgan fingerprint density at radius 1 is 1.29 bits per heavy atom. The van der Waals surface area contributed by atoms with Gasteiger partial charge in [-0.05, 0) is 25.0 Å². The topological polar surface area (TPSA) is 46.2 Å². The van der Waals surface area contributed by atoms with Gasteiger partial charge in [-0.15, -0.1) is 0 Å². The van der Waals surface area contributed by atoms with Crippen LogP contribution in [0, 0.1) is 11.7 Å². The zero-order valence-electron chi connectivity index (χ0n) is 9.87. The van der Waals surface area contributed by atoms with Gasteiger partial charge in [-0.25, -0.2) is 17.5 Å². The summed E-state index contributed by atoms with van der Waals surface area (Å²) < 4.78 is 39.8. The van der Waals surface area contributed by atoms with E-state index in [2.05, 4.69) is 4.72 Å². The normalized spacial score (nSPS) is 14.0. The minimum atomic E-state index is -3.87. The number of hydrogen-bond acceptors (Lipinski definition) is 2. The molecular weight excluding hydrogens is 265 g/mol. The van der Waals surface area contributed by atoms with Gasteiger partial charge in [0.1, 0.15) is 4.90 Å². The summed E-state index contributed by atoms with van der Waals surface area (Å²) in [5.74, 6) is -0.801. The van der Waals surface area contributed by atoms with E-state index in [1.807, 2.05) is 13.8 Å². The van der Waals surface area contributed by atoms with Crippen molar-refractivity contribution in [1.82, 2.24) is 4.72 Å². The quantitative estimate of drug-likeness (QED) is 0.921. The molecule has 0 aliphatic rings. The molecule has 0 aliphatic carbocycles. The summed E-state index contributed by atoms with van der Waals surface area (Å²) in [6.07, 6.45) is 0. The van der Waals surface area contributed by atoms with Crippen LogP contribution < -0.4 is 4.72 Å². The molecule has 6 heteroatoms. The van der Waals surface area contributed by atoms with E-state index in [1.54, 1.807) is 6.92 Å². The summed E-state index contributed by atoms with van der Waals surface area (Å²) in [4.78, 5) is -0.419. The molecule has 1 N–H and O–H groups in total. The van der Waals surface area contributed by atoms with Gasteiger partial charge < -0.3 is 0 Å². The SMILES string of the molecule is CC(C)C(C)NS(=O)(=O)c1cccc(Cl)c1F. The lowest BCUT2D eigenvalue weighted by Crippen LogP contribution is -2.36. The largest absolute Gasteiger partial charge is 0.243 e. The molecule has 0 fully saturated rings. The van der Waals surface area contributed by atoms with Gasteiger partial charge in [0.2, 0.25) is 10.0 Å². The zero-order valence-corrected chi connectivity index (χ0v) is 11.4. The van der Waals surface area contributed by atoms with Gasteiger partial charge in [0.25, 0.3) is 0 Å². The van der Waals surface area contributed by atoms with E-state index in [1.165, 1.54) is 18.2 Å². The molecule has 1 aromatic rings. The molecular formula is C11H15ClFNO2S. The zero-order chi connectivity index (χ0) is 13.2. The van der Waals surface area contributed by atoms with Crippen LogP contribution >= 0.6 is 11.6 Å². The minimum absolute atomic E-state index is 0.118. The lowest BCUT2D eigenvalue weighted by Gasteiger charge is -2.17. The Kier molecular flexibility index (Phi) is 4.52. The maximum absolute atomic E-state index is 13.6. The number of nitrogens with one attached hydrogen (secondary N) is 1. The van der Waals surface area contributed by atoms with E-state index in [4.69, 9.17) is 11.6 Å². The van der Waals surface area contributed by atoms with Gasteiger partial charge in [0, 0.05) is 6.04 Å². The Morgan fingerprint density at radius 3 is 2.41 bits per heavy atom. The van der Waals surface area contributed by atoms with Crippen LogP contribution in [0.5, 0.6) is 0 Å². The van der Waals surface area contributed by atoms with Crippen molar-refractivity contribution in [2.45, 2.75) is 31.7 Å². The van der Waals surface area contributed by atoms with E-state index in [0.29, 0.717) is 0 Å². The van der Waals surface area contributed by atoms with Crippen LogP contribution in [0.15, 0.2) is 23.1 Å². The van der Waals surface area contributed by atoms with Crippen molar-refractivity contribution in [3.8, 4) is 0 Å². The number of halogens is 2. The van der Waals surface area contributed by atoms with E-state index in [-0.39, 0.29) is 17.0 Å². The summed E-state index contributed by atoms with van der Waals surface area (Å²) in [5, 5.41) is -0.204. The van der Waals surface area contributed by atoms with E-state index >= 15 is 0 Å². The first-order valence-corrected chi connectivity index (χ1v) is 7.08. The first kappa shape index (κ1) is 14.4. The smallest absolute Gasteiger partial charge is 0.208 e. The highest BCUT2D eigenvalue weighted by Crippen LogP contribution is 2.22. The fraction of sp³-hybridized carbons (Fsp3) is 0.455. The maximum atomic E-state index is 13.6. The Morgan fingerprint density at radius 2 is 1.88 bits per heavy atom. The Labute approximate surface area is 106 Å². The number of sulfonamides is 1. The summed E-state index contributed by atoms with van der Waals surface area (Å²) in [5.41, 5.74) is 0. The molecule has 1 aromatic carbocycles. The molecule has 0 amide bonds. The van der Waals surface area contributed by atoms with Crippen LogP contribution in [0.1, 0.15) is 20.8 Å². The van der Waals surface area contributed by atoms with Crippen molar-refractivity contribution in [3.05, 3.63) is 29.0 Å². The second kappa shape index (κ2) is 5.33. The van der Waals surface area contributed by atoms with Crippen LogP contribution in [-0.4, -0.2) is 14.5 Å².